The second-order valence-electron chi connectivity index (χ2n) is 21.9. The molecular formula is C73H44B2N2O4. The van der Waals surface area contributed by atoms with Gasteiger partial charge in [0.25, 0.3) is 13.4 Å². The molecule has 2 aromatic heterocycles. The van der Waals surface area contributed by atoms with Gasteiger partial charge in [-0.25, -0.2) is 0 Å². The SMILES string of the molecule is Cn1c2c(-c3cccc(-c4cc5c6c(c4)Oc4ccccc4B6c4ccccc4O5)c3)cccc2c2c1c(-c1cccc(-c3cc4c5c(c3)Oc3ccccc3B5c3ccccc3O4)c1)cc1c3ccccc3n(-c3ccccc3)c12. The Kier molecular flexibility index (Phi) is 9.23. The van der Waals surface area contributed by atoms with Crippen molar-refractivity contribution in [3.05, 3.63) is 249 Å². The molecule has 6 heterocycles. The number of fused-ring (bicyclic) bond motifs is 15. The van der Waals surface area contributed by atoms with Gasteiger partial charge in [0.2, 0.25) is 0 Å². The topological polar surface area (TPSA) is 46.8 Å². The van der Waals surface area contributed by atoms with Crippen molar-refractivity contribution >= 4 is 89.8 Å². The summed E-state index contributed by atoms with van der Waals surface area (Å²) in [5.41, 5.74) is 21.2. The van der Waals surface area contributed by atoms with Crippen molar-refractivity contribution in [1.29, 1.82) is 0 Å². The molecule has 0 N–H and O–H groups in total. The van der Waals surface area contributed by atoms with Gasteiger partial charge in [0.1, 0.15) is 46.0 Å². The summed E-state index contributed by atoms with van der Waals surface area (Å²) >= 11 is 0. The maximum Gasteiger partial charge on any atom is 0.260 e. The van der Waals surface area contributed by atoms with Crippen LogP contribution in [-0.4, -0.2) is 22.6 Å². The van der Waals surface area contributed by atoms with E-state index in [2.05, 4.69) is 253 Å². The molecule has 18 rings (SSSR count). The molecule has 14 aromatic rings. The molecule has 0 unspecified atom stereocenters. The predicted octanol–water partition coefficient (Wildman–Crippen LogP) is 14.6. The Bertz CT molecular complexity index is 4920. The van der Waals surface area contributed by atoms with Gasteiger partial charge in [-0.05, 0) is 140 Å². The maximum atomic E-state index is 6.80. The highest BCUT2D eigenvalue weighted by atomic mass is 16.5. The van der Waals surface area contributed by atoms with E-state index < -0.39 is 0 Å². The number of hydrogen-bond donors (Lipinski definition) is 0. The van der Waals surface area contributed by atoms with Gasteiger partial charge in [0.05, 0.1) is 22.1 Å². The maximum absolute atomic E-state index is 6.80. The molecule has 4 aliphatic heterocycles. The van der Waals surface area contributed by atoms with Gasteiger partial charge in [-0.15, -0.1) is 0 Å². The fraction of sp³-hybridized carbons (Fsp3) is 0.0137. The van der Waals surface area contributed by atoms with Crippen molar-refractivity contribution in [3.63, 3.8) is 0 Å². The summed E-state index contributed by atoms with van der Waals surface area (Å²) in [7, 11) is 2.25. The molecule has 4 aliphatic rings. The van der Waals surface area contributed by atoms with Crippen LogP contribution in [0.1, 0.15) is 0 Å². The number of nitrogens with zero attached hydrogens (tertiary/aromatic N) is 2. The molecule has 0 saturated carbocycles. The summed E-state index contributed by atoms with van der Waals surface area (Å²) in [4.78, 5) is 0. The molecule has 0 aliphatic carbocycles. The van der Waals surface area contributed by atoms with Crippen LogP contribution in [0.25, 0.3) is 93.8 Å². The van der Waals surface area contributed by atoms with Gasteiger partial charge in [-0.3, -0.25) is 0 Å². The lowest BCUT2D eigenvalue weighted by atomic mass is 9.35. The first-order chi connectivity index (χ1) is 40.1. The second-order valence-corrected chi connectivity index (χ2v) is 21.9. The zero-order valence-corrected chi connectivity index (χ0v) is 43.9. The van der Waals surface area contributed by atoms with Crippen LogP contribution in [0, 0.1) is 0 Å². The molecule has 0 bridgehead atoms. The third-order valence-electron chi connectivity index (χ3n) is 17.5. The number of aromatic nitrogens is 2. The van der Waals surface area contributed by atoms with E-state index in [1.54, 1.807) is 0 Å². The predicted molar refractivity (Wildman–Crippen MR) is 332 cm³/mol. The minimum atomic E-state index is 0.00708. The number of benzene rings is 12. The van der Waals surface area contributed by atoms with Crippen LogP contribution in [0.2, 0.25) is 0 Å². The van der Waals surface area contributed by atoms with E-state index in [0.29, 0.717) is 0 Å². The molecule has 8 heteroatoms. The van der Waals surface area contributed by atoms with E-state index in [1.807, 2.05) is 12.1 Å². The highest BCUT2D eigenvalue weighted by molar-refractivity contribution is 6.99. The number of hydrogen-bond acceptors (Lipinski definition) is 4. The van der Waals surface area contributed by atoms with Crippen molar-refractivity contribution in [3.8, 4) is 96.2 Å². The third-order valence-corrected chi connectivity index (χ3v) is 17.5. The molecular weight excluding hydrogens is 990 g/mol. The van der Waals surface area contributed by atoms with Crippen LogP contribution >= 0.6 is 0 Å². The lowest BCUT2D eigenvalue weighted by molar-refractivity contribution is 0.464. The zero-order valence-electron chi connectivity index (χ0n) is 43.9. The normalized spacial score (nSPS) is 13.1. The first kappa shape index (κ1) is 44.5. The number of para-hydroxylation sites is 7. The highest BCUT2D eigenvalue weighted by Gasteiger charge is 2.42. The molecule has 0 spiro atoms. The summed E-state index contributed by atoms with van der Waals surface area (Å²) in [6.45, 7) is 0.0203. The van der Waals surface area contributed by atoms with Crippen molar-refractivity contribution in [2.45, 2.75) is 0 Å². The fourth-order valence-corrected chi connectivity index (χ4v) is 14.1. The van der Waals surface area contributed by atoms with Crippen LogP contribution in [0.5, 0.6) is 46.0 Å². The molecule has 0 radical (unpaired) electrons. The standard InChI is InChI=1S/C73H44B2N2O4/c1-76-71-50(45-20-15-18-43(36-45)47-38-64-69-65(39-47)79-61-33-12-7-28-56(61)74(69)55-27-6-11-32-60(55)78-64)25-17-26-52(71)68-72(76)53(42-54-51-24-5-10-31-59(51)77(73(54)68)49-22-3-2-4-23-49)46-21-16-19-44(37-46)48-40-66-70-67(41-48)81-63-35-14-9-30-58(63)75(70)57-29-8-13-34-62(57)80-66/h2-42H,1H3. The molecule has 0 atom stereocenters. The van der Waals surface area contributed by atoms with Crippen LogP contribution in [0.15, 0.2) is 249 Å². The minimum Gasteiger partial charge on any atom is -0.458 e. The Morgan fingerprint density at radius 3 is 1.26 bits per heavy atom. The van der Waals surface area contributed by atoms with Gasteiger partial charge in [-0.2, -0.15) is 0 Å². The van der Waals surface area contributed by atoms with Gasteiger partial charge in [0.15, 0.2) is 0 Å². The molecule has 0 fully saturated rings. The largest absolute Gasteiger partial charge is 0.458 e. The van der Waals surface area contributed by atoms with Crippen LogP contribution < -0.4 is 51.7 Å². The van der Waals surface area contributed by atoms with Crippen molar-refractivity contribution in [2.24, 2.45) is 7.05 Å². The summed E-state index contributed by atoms with van der Waals surface area (Å²) in [5.74, 6) is 6.79. The number of aryl methyl sites for hydroxylation is 1. The van der Waals surface area contributed by atoms with E-state index in [9.17, 15) is 0 Å². The Morgan fingerprint density at radius 1 is 0.296 bits per heavy atom. The number of rotatable bonds is 5. The molecule has 6 nitrogen and oxygen atoms in total. The third kappa shape index (κ3) is 6.41. The molecule has 12 aromatic carbocycles. The quantitative estimate of drug-likeness (QED) is 0.161. The first-order valence-electron chi connectivity index (χ1n) is 27.8. The van der Waals surface area contributed by atoms with Gasteiger partial charge in [0, 0.05) is 56.3 Å². The molecule has 0 amide bonds. The summed E-state index contributed by atoms with van der Waals surface area (Å²) in [6, 6.07) is 89.3. The van der Waals surface area contributed by atoms with E-state index in [0.717, 1.165) is 146 Å². The summed E-state index contributed by atoms with van der Waals surface area (Å²) < 4.78 is 32.0. The Morgan fingerprint density at radius 2 is 0.728 bits per heavy atom. The Labute approximate surface area is 467 Å². The Balaban J connectivity index is 0.836. The minimum absolute atomic E-state index is 0.00708. The average Bonchev–Trinajstić information content (AvgIpc) is 3.66. The first-order valence-corrected chi connectivity index (χ1v) is 27.8. The number of ether oxygens (including phenoxy) is 4. The van der Waals surface area contributed by atoms with E-state index in [-0.39, 0.29) is 13.4 Å². The van der Waals surface area contributed by atoms with Crippen LogP contribution in [-0.2, 0) is 7.05 Å². The fourth-order valence-electron chi connectivity index (χ4n) is 14.1. The summed E-state index contributed by atoms with van der Waals surface area (Å²) in [6.07, 6.45) is 0. The zero-order chi connectivity index (χ0) is 53.0. The second kappa shape index (κ2) is 16.8. The molecule has 376 valence electrons. The van der Waals surface area contributed by atoms with Gasteiger partial charge in [-0.1, -0.05) is 164 Å². The monoisotopic (exact) mass is 1030 g/mol. The smallest absolute Gasteiger partial charge is 0.260 e. The Hall–Kier alpha value is -10.4. The van der Waals surface area contributed by atoms with E-state index in [4.69, 9.17) is 18.9 Å². The van der Waals surface area contributed by atoms with E-state index >= 15 is 0 Å². The average molecular weight is 1030 g/mol. The molecule has 81 heavy (non-hydrogen) atoms. The van der Waals surface area contributed by atoms with Crippen LogP contribution in [0.4, 0.5) is 0 Å². The van der Waals surface area contributed by atoms with Crippen molar-refractivity contribution < 1.29 is 18.9 Å². The summed E-state index contributed by atoms with van der Waals surface area (Å²) in [5, 5.41) is 4.77. The highest BCUT2D eigenvalue weighted by Crippen LogP contribution is 2.48. The lowest BCUT2D eigenvalue weighted by Gasteiger charge is -2.33. The molecule has 0 saturated heterocycles. The van der Waals surface area contributed by atoms with Crippen molar-refractivity contribution in [1.82, 2.24) is 9.13 Å². The van der Waals surface area contributed by atoms with Crippen LogP contribution in [0.3, 0.4) is 0 Å². The lowest BCUT2D eigenvalue weighted by Crippen LogP contribution is -2.57. The van der Waals surface area contributed by atoms with Gasteiger partial charge >= 0.3 is 0 Å². The van der Waals surface area contributed by atoms with E-state index in [1.165, 1.54) is 27.1 Å². The van der Waals surface area contributed by atoms with Crippen molar-refractivity contribution in [2.75, 3.05) is 0 Å². The van der Waals surface area contributed by atoms with Gasteiger partial charge < -0.3 is 28.1 Å².